The molecule has 2 aliphatic rings. The second-order valence-corrected chi connectivity index (χ2v) is 10.3. The van der Waals surface area contributed by atoms with Crippen molar-refractivity contribution in [2.45, 2.75) is 37.8 Å². The Kier molecular flexibility index (Phi) is 8.35. The van der Waals surface area contributed by atoms with E-state index in [9.17, 15) is 18.8 Å². The number of benzene rings is 2. The summed E-state index contributed by atoms with van der Waals surface area (Å²) in [4.78, 5) is 46.9. The Morgan fingerprint density at radius 3 is 2.12 bits per heavy atom. The zero-order chi connectivity index (χ0) is 28.1. The minimum Gasteiger partial charge on any atom is -0.366 e. The molecule has 1 aliphatic carbocycles. The van der Waals surface area contributed by atoms with Crippen LogP contribution in [0.15, 0.2) is 67.0 Å². The van der Waals surface area contributed by atoms with Gasteiger partial charge in [0.1, 0.15) is 5.82 Å². The first-order chi connectivity index (χ1) is 19.4. The van der Waals surface area contributed by atoms with E-state index >= 15 is 0 Å². The summed E-state index contributed by atoms with van der Waals surface area (Å²) in [5, 5.41) is 6.02. The van der Waals surface area contributed by atoms with Crippen LogP contribution in [0.3, 0.4) is 0 Å². The lowest BCUT2D eigenvalue weighted by Crippen LogP contribution is -2.49. The molecule has 3 aromatic rings. The molecule has 0 radical (unpaired) electrons. The lowest BCUT2D eigenvalue weighted by Gasteiger charge is -2.37. The van der Waals surface area contributed by atoms with Crippen molar-refractivity contribution in [1.82, 2.24) is 15.2 Å². The van der Waals surface area contributed by atoms with Crippen molar-refractivity contribution >= 4 is 29.1 Å². The number of anilines is 2. The third kappa shape index (κ3) is 6.45. The van der Waals surface area contributed by atoms with Crippen molar-refractivity contribution in [3.63, 3.8) is 0 Å². The van der Waals surface area contributed by atoms with Crippen LogP contribution in [0.5, 0.6) is 0 Å². The summed E-state index contributed by atoms with van der Waals surface area (Å²) < 4.78 is 13.4. The highest BCUT2D eigenvalue weighted by molar-refractivity contribution is 6.07. The Bertz CT molecular complexity index is 1350. The number of piperazine rings is 1. The van der Waals surface area contributed by atoms with Gasteiger partial charge in [-0.25, -0.2) is 4.39 Å². The topological polar surface area (TPSA) is 121 Å². The van der Waals surface area contributed by atoms with Crippen LogP contribution in [0, 0.1) is 5.82 Å². The molecular weight excluding hydrogens is 511 g/mol. The van der Waals surface area contributed by atoms with E-state index in [2.05, 4.69) is 20.5 Å². The predicted octanol–water partition coefficient (Wildman–Crippen LogP) is 3.44. The minimum atomic E-state index is -0.432. The van der Waals surface area contributed by atoms with E-state index in [-0.39, 0.29) is 23.9 Å². The first-order valence-electron chi connectivity index (χ1n) is 13.6. The number of aromatic nitrogens is 1. The number of rotatable bonds is 6. The van der Waals surface area contributed by atoms with Gasteiger partial charge in [0.05, 0.1) is 11.4 Å². The highest BCUT2D eigenvalue weighted by atomic mass is 19.1. The number of carbonyl (C=O) groups excluding carboxylic acids is 3. The zero-order valence-electron chi connectivity index (χ0n) is 22.2. The first kappa shape index (κ1) is 27.3. The summed E-state index contributed by atoms with van der Waals surface area (Å²) in [6.07, 6.45) is 6.61. The van der Waals surface area contributed by atoms with E-state index in [1.807, 2.05) is 6.07 Å². The Morgan fingerprint density at radius 2 is 1.45 bits per heavy atom. The molecule has 1 saturated heterocycles. The number of carbonyl (C=O) groups is 3. The van der Waals surface area contributed by atoms with Gasteiger partial charge in [0.2, 0.25) is 0 Å². The number of hydrogen-bond acceptors (Lipinski definition) is 6. The maximum absolute atomic E-state index is 13.4. The summed E-state index contributed by atoms with van der Waals surface area (Å²) in [6, 6.07) is 14.2. The highest BCUT2D eigenvalue weighted by Gasteiger charge is 2.26. The fraction of sp³-hybridized carbons (Fsp3) is 0.333. The predicted molar refractivity (Wildman–Crippen MR) is 151 cm³/mol. The molecule has 0 atom stereocenters. The minimum absolute atomic E-state index is 0.0532. The van der Waals surface area contributed by atoms with Crippen LogP contribution in [0.1, 0.15) is 56.8 Å². The lowest BCUT2D eigenvalue weighted by molar-refractivity contribution is 0.0746. The average molecular weight is 545 g/mol. The molecule has 0 bridgehead atoms. The fourth-order valence-electron chi connectivity index (χ4n) is 5.21. The molecule has 2 fully saturated rings. The maximum Gasteiger partial charge on any atom is 0.255 e. The fourth-order valence-corrected chi connectivity index (χ4v) is 5.21. The van der Waals surface area contributed by atoms with Gasteiger partial charge >= 0.3 is 0 Å². The molecule has 0 spiro atoms. The molecule has 5 rings (SSSR count). The SMILES string of the molecule is NC1CCC(NC(=O)c2ccc(N3CCN(C(=O)c4ccncc4)CC3)c(NC(=O)c3ccc(F)cc3)c2)CC1. The molecule has 208 valence electrons. The summed E-state index contributed by atoms with van der Waals surface area (Å²) in [5.41, 5.74) is 8.54. The van der Waals surface area contributed by atoms with Crippen LogP contribution in [0.2, 0.25) is 0 Å². The number of amides is 3. The van der Waals surface area contributed by atoms with Crippen molar-refractivity contribution in [1.29, 1.82) is 0 Å². The summed E-state index contributed by atoms with van der Waals surface area (Å²) in [5.74, 6) is -1.11. The Labute approximate surface area is 232 Å². The Balaban J connectivity index is 1.34. The summed E-state index contributed by atoms with van der Waals surface area (Å²) in [6.45, 7) is 2.09. The number of hydrogen-bond donors (Lipinski definition) is 3. The second-order valence-electron chi connectivity index (χ2n) is 10.3. The van der Waals surface area contributed by atoms with Crippen molar-refractivity contribution in [2.75, 3.05) is 36.4 Å². The van der Waals surface area contributed by atoms with Crippen molar-refractivity contribution in [3.8, 4) is 0 Å². The first-order valence-corrected chi connectivity index (χ1v) is 13.6. The van der Waals surface area contributed by atoms with E-state index in [4.69, 9.17) is 5.73 Å². The Morgan fingerprint density at radius 1 is 0.800 bits per heavy atom. The standard InChI is InChI=1S/C30H33FN6O3/c31-23-4-1-20(2-5-23)28(38)35-26-19-22(29(39)34-25-8-6-24(32)7-9-25)3-10-27(26)36-15-17-37(18-16-36)30(40)21-11-13-33-14-12-21/h1-5,10-14,19,24-25H,6-9,15-18,32H2,(H,34,39)(H,35,38). The molecule has 1 aromatic heterocycles. The van der Waals surface area contributed by atoms with Crippen LogP contribution in [0.25, 0.3) is 0 Å². The smallest absolute Gasteiger partial charge is 0.255 e. The molecule has 40 heavy (non-hydrogen) atoms. The van der Waals surface area contributed by atoms with E-state index in [0.29, 0.717) is 48.6 Å². The number of pyridine rings is 1. The van der Waals surface area contributed by atoms with Gasteiger partial charge in [0, 0.05) is 67.3 Å². The molecule has 10 heteroatoms. The normalized spacial score (nSPS) is 19.1. The monoisotopic (exact) mass is 544 g/mol. The molecule has 0 unspecified atom stereocenters. The molecule has 2 heterocycles. The molecular formula is C30H33FN6O3. The molecule has 1 aliphatic heterocycles. The van der Waals surface area contributed by atoms with Crippen LogP contribution < -0.4 is 21.3 Å². The van der Waals surface area contributed by atoms with Gasteiger partial charge in [0.25, 0.3) is 17.7 Å². The Hall–Kier alpha value is -4.31. The van der Waals surface area contributed by atoms with Gasteiger partial charge in [0.15, 0.2) is 0 Å². The van der Waals surface area contributed by atoms with Crippen LogP contribution >= 0.6 is 0 Å². The number of nitrogens with one attached hydrogen (secondary N) is 2. The van der Waals surface area contributed by atoms with E-state index < -0.39 is 11.7 Å². The van der Waals surface area contributed by atoms with Crippen molar-refractivity contribution in [2.24, 2.45) is 5.73 Å². The number of halogens is 1. The molecule has 2 aromatic carbocycles. The average Bonchev–Trinajstić information content (AvgIpc) is 2.99. The third-order valence-electron chi connectivity index (χ3n) is 7.56. The quantitative estimate of drug-likeness (QED) is 0.437. The molecule has 4 N–H and O–H groups in total. The van der Waals surface area contributed by atoms with Gasteiger partial charge in [-0.1, -0.05) is 0 Å². The van der Waals surface area contributed by atoms with Gasteiger partial charge in [-0.3, -0.25) is 19.4 Å². The van der Waals surface area contributed by atoms with Gasteiger partial charge < -0.3 is 26.2 Å². The number of nitrogens with zero attached hydrogens (tertiary/aromatic N) is 3. The van der Waals surface area contributed by atoms with Crippen molar-refractivity contribution in [3.05, 3.63) is 89.5 Å². The highest BCUT2D eigenvalue weighted by Crippen LogP contribution is 2.30. The van der Waals surface area contributed by atoms with Gasteiger partial charge in [-0.15, -0.1) is 0 Å². The summed E-state index contributed by atoms with van der Waals surface area (Å²) >= 11 is 0. The maximum atomic E-state index is 13.4. The van der Waals surface area contributed by atoms with Gasteiger partial charge in [-0.2, -0.15) is 0 Å². The zero-order valence-corrected chi connectivity index (χ0v) is 22.2. The second kappa shape index (κ2) is 12.3. The van der Waals surface area contributed by atoms with E-state index in [1.165, 1.54) is 24.3 Å². The van der Waals surface area contributed by atoms with E-state index in [1.54, 1.807) is 41.6 Å². The molecule has 1 saturated carbocycles. The van der Waals surface area contributed by atoms with Crippen molar-refractivity contribution < 1.29 is 18.8 Å². The lowest BCUT2D eigenvalue weighted by atomic mass is 9.91. The van der Waals surface area contributed by atoms with E-state index in [0.717, 1.165) is 31.4 Å². The van der Waals surface area contributed by atoms with Crippen LogP contribution in [-0.2, 0) is 0 Å². The van der Waals surface area contributed by atoms with Crippen LogP contribution in [0.4, 0.5) is 15.8 Å². The summed E-state index contributed by atoms with van der Waals surface area (Å²) in [7, 11) is 0. The third-order valence-corrected chi connectivity index (χ3v) is 7.56. The molecule has 9 nitrogen and oxygen atoms in total. The number of nitrogens with two attached hydrogens (primary N) is 1. The molecule has 3 amide bonds. The van der Waals surface area contributed by atoms with Gasteiger partial charge in [-0.05, 0) is 80.3 Å². The largest absolute Gasteiger partial charge is 0.366 e. The van der Waals surface area contributed by atoms with Crippen LogP contribution in [-0.4, -0.2) is 65.9 Å².